The fourth-order valence-corrected chi connectivity index (χ4v) is 1.64. The number of nitrogens with zero attached hydrogens (tertiary/aromatic N) is 1. The molecule has 1 saturated heterocycles. The SMILES string of the molecule is COc1cccc(C(=O)C#CN2CCOCC2)c1. The number of carbonyl (C=O) groups excluding carboxylic acids is 1. The van der Waals surface area contributed by atoms with E-state index in [1.807, 2.05) is 4.90 Å². The van der Waals surface area contributed by atoms with Crippen LogP contribution in [-0.2, 0) is 4.74 Å². The summed E-state index contributed by atoms with van der Waals surface area (Å²) in [6.07, 6.45) is 0. The summed E-state index contributed by atoms with van der Waals surface area (Å²) >= 11 is 0. The number of rotatable bonds is 2. The average Bonchev–Trinajstić information content (AvgIpc) is 2.46. The van der Waals surface area contributed by atoms with Crippen LogP contribution in [0, 0.1) is 12.0 Å². The topological polar surface area (TPSA) is 38.8 Å². The van der Waals surface area contributed by atoms with Gasteiger partial charge < -0.3 is 14.4 Å². The summed E-state index contributed by atoms with van der Waals surface area (Å²) in [6, 6.07) is 9.87. The van der Waals surface area contributed by atoms with Crippen LogP contribution in [0.5, 0.6) is 5.75 Å². The predicted molar refractivity (Wildman–Crippen MR) is 67.5 cm³/mol. The maximum absolute atomic E-state index is 11.9. The van der Waals surface area contributed by atoms with Crippen LogP contribution < -0.4 is 4.74 Å². The number of benzene rings is 1. The maximum atomic E-state index is 11.9. The molecule has 1 aromatic rings. The third kappa shape index (κ3) is 3.25. The molecule has 94 valence electrons. The first-order valence-corrected chi connectivity index (χ1v) is 5.82. The van der Waals surface area contributed by atoms with E-state index >= 15 is 0 Å². The first kappa shape index (κ1) is 12.5. The molecule has 1 heterocycles. The molecule has 0 unspecified atom stereocenters. The Hall–Kier alpha value is -1.99. The lowest BCUT2D eigenvalue weighted by atomic mass is 10.1. The van der Waals surface area contributed by atoms with E-state index in [-0.39, 0.29) is 5.78 Å². The van der Waals surface area contributed by atoms with Gasteiger partial charge in [-0.1, -0.05) is 12.1 Å². The zero-order valence-corrected chi connectivity index (χ0v) is 10.3. The van der Waals surface area contributed by atoms with Crippen molar-refractivity contribution in [2.75, 3.05) is 33.4 Å². The van der Waals surface area contributed by atoms with E-state index in [0.717, 1.165) is 13.1 Å². The van der Waals surface area contributed by atoms with E-state index in [9.17, 15) is 4.79 Å². The number of methoxy groups -OCH3 is 1. The highest BCUT2D eigenvalue weighted by Gasteiger charge is 2.07. The Labute approximate surface area is 106 Å². The zero-order chi connectivity index (χ0) is 12.8. The molecule has 4 nitrogen and oxygen atoms in total. The Morgan fingerprint density at radius 1 is 1.39 bits per heavy atom. The van der Waals surface area contributed by atoms with E-state index in [0.29, 0.717) is 24.5 Å². The zero-order valence-electron chi connectivity index (χ0n) is 10.3. The quantitative estimate of drug-likeness (QED) is 0.579. The third-order valence-electron chi connectivity index (χ3n) is 2.67. The molecule has 0 aromatic heterocycles. The molecular formula is C14H15NO3. The van der Waals surface area contributed by atoms with Crippen molar-refractivity contribution in [3.63, 3.8) is 0 Å². The number of hydrogen-bond donors (Lipinski definition) is 0. The van der Waals surface area contributed by atoms with E-state index in [1.54, 1.807) is 31.4 Å². The third-order valence-corrected chi connectivity index (χ3v) is 2.67. The lowest BCUT2D eigenvalue weighted by molar-refractivity contribution is 0.0637. The van der Waals surface area contributed by atoms with E-state index in [4.69, 9.17) is 9.47 Å². The molecule has 1 aliphatic rings. The van der Waals surface area contributed by atoms with Crippen LogP contribution in [0.15, 0.2) is 24.3 Å². The van der Waals surface area contributed by atoms with Gasteiger partial charge in [-0.15, -0.1) is 0 Å². The fourth-order valence-electron chi connectivity index (χ4n) is 1.64. The van der Waals surface area contributed by atoms with Gasteiger partial charge in [0.15, 0.2) is 0 Å². The van der Waals surface area contributed by atoms with Gasteiger partial charge in [0.25, 0.3) is 0 Å². The van der Waals surface area contributed by atoms with Crippen molar-refractivity contribution in [3.8, 4) is 17.7 Å². The predicted octanol–water partition coefficient (Wildman–Crippen LogP) is 1.17. The second kappa shape index (κ2) is 6.08. The summed E-state index contributed by atoms with van der Waals surface area (Å²) in [7, 11) is 1.57. The summed E-state index contributed by atoms with van der Waals surface area (Å²) in [6.45, 7) is 2.83. The van der Waals surface area contributed by atoms with Crippen molar-refractivity contribution in [2.24, 2.45) is 0 Å². The van der Waals surface area contributed by atoms with Crippen molar-refractivity contribution in [3.05, 3.63) is 29.8 Å². The van der Waals surface area contributed by atoms with Crippen LogP contribution in [-0.4, -0.2) is 44.1 Å². The van der Waals surface area contributed by atoms with E-state index in [2.05, 4.69) is 12.0 Å². The van der Waals surface area contributed by atoms with Crippen molar-refractivity contribution >= 4 is 5.78 Å². The van der Waals surface area contributed by atoms with Crippen molar-refractivity contribution in [2.45, 2.75) is 0 Å². The first-order valence-electron chi connectivity index (χ1n) is 5.82. The Morgan fingerprint density at radius 3 is 2.89 bits per heavy atom. The van der Waals surface area contributed by atoms with Gasteiger partial charge in [0.2, 0.25) is 5.78 Å². The highest BCUT2D eigenvalue weighted by Crippen LogP contribution is 2.12. The number of morpholine rings is 1. The molecule has 0 radical (unpaired) electrons. The van der Waals surface area contributed by atoms with Crippen molar-refractivity contribution in [1.29, 1.82) is 0 Å². The van der Waals surface area contributed by atoms with Crippen molar-refractivity contribution in [1.82, 2.24) is 4.90 Å². The normalized spacial score (nSPS) is 14.6. The molecule has 0 atom stereocenters. The molecule has 1 aliphatic heterocycles. The minimum Gasteiger partial charge on any atom is -0.497 e. The van der Waals surface area contributed by atoms with E-state index in [1.165, 1.54) is 0 Å². The smallest absolute Gasteiger partial charge is 0.237 e. The largest absolute Gasteiger partial charge is 0.497 e. The van der Waals surface area contributed by atoms with Gasteiger partial charge in [0.1, 0.15) is 5.75 Å². The number of Topliss-reactive ketones (excluding diaryl/α,β-unsaturated/α-hetero) is 1. The molecule has 0 bridgehead atoms. The Bertz CT molecular complexity index is 481. The molecule has 4 heteroatoms. The molecule has 1 fully saturated rings. The standard InChI is InChI=1S/C14H15NO3/c1-17-13-4-2-3-12(11-13)14(16)5-6-15-7-9-18-10-8-15/h2-4,11H,7-10H2,1H3. The van der Waals surface area contributed by atoms with Crippen molar-refractivity contribution < 1.29 is 14.3 Å². The van der Waals surface area contributed by atoms with Crippen LogP contribution in [0.1, 0.15) is 10.4 Å². The molecule has 0 N–H and O–H groups in total. The second-order valence-electron chi connectivity index (χ2n) is 3.90. The van der Waals surface area contributed by atoms with E-state index < -0.39 is 0 Å². The fraction of sp³-hybridized carbons (Fsp3) is 0.357. The lowest BCUT2D eigenvalue weighted by Crippen LogP contribution is -2.32. The molecular weight excluding hydrogens is 230 g/mol. The molecule has 0 saturated carbocycles. The van der Waals surface area contributed by atoms with Crippen LogP contribution in [0.25, 0.3) is 0 Å². The Morgan fingerprint density at radius 2 is 2.17 bits per heavy atom. The Kier molecular flexibility index (Phi) is 4.21. The highest BCUT2D eigenvalue weighted by molar-refractivity contribution is 6.09. The number of ketones is 1. The number of carbonyl (C=O) groups is 1. The van der Waals surface area contributed by atoms with Gasteiger partial charge >= 0.3 is 0 Å². The average molecular weight is 245 g/mol. The summed E-state index contributed by atoms with van der Waals surface area (Å²) in [5.74, 6) is 3.11. The van der Waals surface area contributed by atoms with Crippen LogP contribution in [0.4, 0.5) is 0 Å². The Balaban J connectivity index is 2.04. The summed E-state index contributed by atoms with van der Waals surface area (Å²) in [5.41, 5.74) is 0.551. The van der Waals surface area contributed by atoms with Gasteiger partial charge in [-0.25, -0.2) is 0 Å². The summed E-state index contributed by atoms with van der Waals surface area (Å²) in [5, 5.41) is 0. The number of hydrogen-bond acceptors (Lipinski definition) is 4. The summed E-state index contributed by atoms with van der Waals surface area (Å²) in [4.78, 5) is 13.8. The summed E-state index contributed by atoms with van der Waals surface area (Å²) < 4.78 is 10.3. The molecule has 0 spiro atoms. The molecule has 0 aliphatic carbocycles. The van der Waals surface area contributed by atoms with Gasteiger partial charge in [-0.05, 0) is 18.1 Å². The second-order valence-corrected chi connectivity index (χ2v) is 3.90. The monoisotopic (exact) mass is 245 g/mol. The first-order chi connectivity index (χ1) is 8.79. The minimum absolute atomic E-state index is 0.194. The molecule has 1 aromatic carbocycles. The van der Waals surface area contributed by atoms with Gasteiger partial charge in [-0.3, -0.25) is 4.79 Å². The highest BCUT2D eigenvalue weighted by atomic mass is 16.5. The van der Waals surface area contributed by atoms with Crippen LogP contribution in [0.2, 0.25) is 0 Å². The van der Waals surface area contributed by atoms with Crippen LogP contribution in [0.3, 0.4) is 0 Å². The molecule has 2 rings (SSSR count). The number of ether oxygens (including phenoxy) is 2. The van der Waals surface area contributed by atoms with Gasteiger partial charge in [0.05, 0.1) is 20.3 Å². The van der Waals surface area contributed by atoms with Gasteiger partial charge in [-0.2, -0.15) is 0 Å². The van der Waals surface area contributed by atoms with Crippen LogP contribution >= 0.6 is 0 Å². The molecule has 18 heavy (non-hydrogen) atoms. The minimum atomic E-state index is -0.194. The van der Waals surface area contributed by atoms with Gasteiger partial charge in [0, 0.05) is 24.7 Å². The molecule has 0 amide bonds. The maximum Gasteiger partial charge on any atom is 0.237 e. The lowest BCUT2D eigenvalue weighted by Gasteiger charge is -2.22.